The van der Waals surface area contributed by atoms with Crippen molar-refractivity contribution < 1.29 is 9.47 Å². The lowest BCUT2D eigenvalue weighted by atomic mass is 10.1. The lowest BCUT2D eigenvalue weighted by molar-refractivity contribution is 0.0342. The first-order chi connectivity index (χ1) is 17.7. The molecule has 7 nitrogen and oxygen atoms in total. The van der Waals surface area contributed by atoms with Crippen LogP contribution in [-0.4, -0.2) is 58.1 Å². The number of hydrogen-bond donors (Lipinski definition) is 1. The molecule has 0 saturated carbocycles. The normalized spacial score (nSPS) is 14.4. The predicted octanol–water partition coefficient (Wildman–Crippen LogP) is 4.85. The third kappa shape index (κ3) is 4.76. The smallest absolute Gasteiger partial charge is 0.122 e. The molecule has 36 heavy (non-hydrogen) atoms. The Morgan fingerprint density at radius 3 is 2.64 bits per heavy atom. The number of imidazole rings is 1. The minimum absolute atomic E-state index is 0.685. The quantitative estimate of drug-likeness (QED) is 0.362. The summed E-state index contributed by atoms with van der Waals surface area (Å²) in [5.74, 6) is 1.78. The average Bonchev–Trinajstić information content (AvgIpc) is 3.57. The minimum atomic E-state index is 0.685. The summed E-state index contributed by atoms with van der Waals surface area (Å²) < 4.78 is 12.9. The number of benzene rings is 3. The first-order valence-electron chi connectivity index (χ1n) is 12.3. The maximum atomic E-state index is 5.49. The number of aromatic amines is 1. The molecule has 2 aromatic heterocycles. The van der Waals surface area contributed by atoms with Crippen molar-refractivity contribution in [3.8, 4) is 22.7 Å². The largest absolute Gasteiger partial charge is 0.496 e. The highest BCUT2D eigenvalue weighted by Gasteiger charge is 2.12. The number of hydrogen-bond acceptors (Lipinski definition) is 5. The Labute approximate surface area is 210 Å². The maximum absolute atomic E-state index is 5.49. The molecule has 0 radical (unpaired) electrons. The van der Waals surface area contributed by atoms with Crippen LogP contribution in [0.15, 0.2) is 79.0 Å². The maximum Gasteiger partial charge on any atom is 0.122 e. The van der Waals surface area contributed by atoms with Crippen molar-refractivity contribution in [2.24, 2.45) is 0 Å². The number of para-hydroxylation sites is 1. The zero-order valence-electron chi connectivity index (χ0n) is 20.4. The highest BCUT2D eigenvalue weighted by atomic mass is 16.5. The van der Waals surface area contributed by atoms with Crippen molar-refractivity contribution in [3.63, 3.8) is 0 Å². The molecule has 3 aromatic carbocycles. The van der Waals surface area contributed by atoms with Crippen LogP contribution in [0.2, 0.25) is 0 Å². The summed E-state index contributed by atoms with van der Waals surface area (Å²) in [5, 5.41) is 4.84. The van der Waals surface area contributed by atoms with Gasteiger partial charge in [0.2, 0.25) is 0 Å². The third-order valence-corrected chi connectivity index (χ3v) is 6.68. The molecule has 1 N–H and O–H groups in total. The second-order valence-corrected chi connectivity index (χ2v) is 9.10. The third-order valence-electron chi connectivity index (χ3n) is 6.68. The number of morpholine rings is 1. The number of fused-ring (bicyclic) bond motifs is 1. The Hall–Kier alpha value is -3.94. The molecule has 5 aromatic rings. The lowest BCUT2D eigenvalue weighted by Crippen LogP contribution is -2.35. The molecule has 0 atom stereocenters. The second kappa shape index (κ2) is 9.97. The summed E-state index contributed by atoms with van der Waals surface area (Å²) in [6.07, 6.45) is 2.70. The van der Waals surface area contributed by atoms with Gasteiger partial charge in [0.05, 0.1) is 42.7 Å². The van der Waals surface area contributed by atoms with Crippen LogP contribution in [0.1, 0.15) is 17.0 Å². The van der Waals surface area contributed by atoms with Gasteiger partial charge in [0.15, 0.2) is 0 Å². The molecule has 1 aliphatic rings. The molecule has 0 unspecified atom stereocenters. The van der Waals surface area contributed by atoms with Crippen molar-refractivity contribution in [3.05, 3.63) is 95.9 Å². The molecule has 7 heteroatoms. The van der Waals surface area contributed by atoms with E-state index in [1.54, 1.807) is 7.11 Å². The summed E-state index contributed by atoms with van der Waals surface area (Å²) in [4.78, 5) is 10.7. The molecule has 0 spiro atoms. The van der Waals surface area contributed by atoms with Gasteiger partial charge >= 0.3 is 0 Å². The Balaban J connectivity index is 1.18. The van der Waals surface area contributed by atoms with Gasteiger partial charge in [-0.1, -0.05) is 36.4 Å². The van der Waals surface area contributed by atoms with Crippen LogP contribution in [0.5, 0.6) is 5.75 Å². The van der Waals surface area contributed by atoms with Crippen molar-refractivity contribution in [2.45, 2.75) is 13.0 Å². The number of nitrogens with zero attached hydrogens (tertiary/aromatic N) is 4. The lowest BCUT2D eigenvalue weighted by Gasteiger charge is -2.26. The molecular formula is C29H29N5O2. The van der Waals surface area contributed by atoms with Crippen molar-refractivity contribution in [1.29, 1.82) is 0 Å². The van der Waals surface area contributed by atoms with E-state index in [0.29, 0.717) is 6.42 Å². The summed E-state index contributed by atoms with van der Waals surface area (Å²) in [5.41, 5.74) is 7.38. The zero-order valence-corrected chi connectivity index (χ0v) is 20.4. The molecule has 0 aliphatic carbocycles. The van der Waals surface area contributed by atoms with Gasteiger partial charge < -0.3 is 14.5 Å². The van der Waals surface area contributed by atoms with Gasteiger partial charge in [-0.3, -0.25) is 4.90 Å². The SMILES string of the molecule is COc1ccccc1Cc1nc2ccc(-c3ccn(-c4ccc(CN5CCOCC5)cc4)n3)cc2[nH]1. The monoisotopic (exact) mass is 479 g/mol. The summed E-state index contributed by atoms with van der Waals surface area (Å²) in [6.45, 7) is 4.58. The molecule has 182 valence electrons. The fourth-order valence-corrected chi connectivity index (χ4v) is 4.73. The van der Waals surface area contributed by atoms with Gasteiger partial charge in [0.1, 0.15) is 11.6 Å². The number of aromatic nitrogens is 4. The van der Waals surface area contributed by atoms with E-state index in [0.717, 1.165) is 78.0 Å². The van der Waals surface area contributed by atoms with Crippen LogP contribution >= 0.6 is 0 Å². The van der Waals surface area contributed by atoms with E-state index in [2.05, 4.69) is 58.4 Å². The Bertz CT molecular complexity index is 1460. The van der Waals surface area contributed by atoms with Crippen LogP contribution in [-0.2, 0) is 17.7 Å². The molecule has 1 aliphatic heterocycles. The van der Waals surface area contributed by atoms with E-state index in [-0.39, 0.29) is 0 Å². The van der Waals surface area contributed by atoms with E-state index >= 15 is 0 Å². The van der Waals surface area contributed by atoms with Crippen molar-refractivity contribution in [2.75, 3.05) is 33.4 Å². The van der Waals surface area contributed by atoms with Crippen LogP contribution in [0, 0.1) is 0 Å². The fourth-order valence-electron chi connectivity index (χ4n) is 4.73. The number of ether oxygens (including phenoxy) is 2. The summed E-state index contributed by atoms with van der Waals surface area (Å²) >= 11 is 0. The Morgan fingerprint density at radius 2 is 1.81 bits per heavy atom. The van der Waals surface area contributed by atoms with Gasteiger partial charge in [-0.05, 0) is 42.0 Å². The zero-order chi connectivity index (χ0) is 24.3. The highest BCUT2D eigenvalue weighted by Crippen LogP contribution is 2.25. The molecule has 6 rings (SSSR count). The molecule has 1 saturated heterocycles. The molecular weight excluding hydrogens is 450 g/mol. The number of nitrogens with one attached hydrogen (secondary N) is 1. The van der Waals surface area contributed by atoms with E-state index < -0.39 is 0 Å². The summed E-state index contributed by atoms with van der Waals surface area (Å²) in [6, 6.07) is 25.0. The van der Waals surface area contributed by atoms with Gasteiger partial charge in [0.25, 0.3) is 0 Å². The van der Waals surface area contributed by atoms with E-state index in [9.17, 15) is 0 Å². The molecule has 0 amide bonds. The van der Waals surface area contributed by atoms with Crippen LogP contribution in [0.3, 0.4) is 0 Å². The van der Waals surface area contributed by atoms with Crippen molar-refractivity contribution >= 4 is 11.0 Å². The second-order valence-electron chi connectivity index (χ2n) is 9.10. The minimum Gasteiger partial charge on any atom is -0.496 e. The first kappa shape index (κ1) is 22.5. The van der Waals surface area contributed by atoms with E-state index in [1.807, 2.05) is 35.1 Å². The van der Waals surface area contributed by atoms with Gasteiger partial charge in [-0.25, -0.2) is 9.67 Å². The van der Waals surface area contributed by atoms with Crippen LogP contribution in [0.25, 0.3) is 28.0 Å². The topological polar surface area (TPSA) is 68.2 Å². The average molecular weight is 480 g/mol. The number of methoxy groups -OCH3 is 1. The fraction of sp³-hybridized carbons (Fsp3) is 0.241. The molecule has 1 fully saturated rings. The van der Waals surface area contributed by atoms with E-state index in [1.165, 1.54) is 5.56 Å². The molecule has 0 bridgehead atoms. The molecule has 3 heterocycles. The van der Waals surface area contributed by atoms with Crippen molar-refractivity contribution in [1.82, 2.24) is 24.6 Å². The Kier molecular flexibility index (Phi) is 6.24. The van der Waals surface area contributed by atoms with Gasteiger partial charge in [0, 0.05) is 43.4 Å². The van der Waals surface area contributed by atoms with Crippen LogP contribution in [0.4, 0.5) is 0 Å². The van der Waals surface area contributed by atoms with E-state index in [4.69, 9.17) is 19.6 Å². The predicted molar refractivity (Wildman–Crippen MR) is 141 cm³/mol. The Morgan fingerprint density at radius 1 is 0.972 bits per heavy atom. The summed E-state index contributed by atoms with van der Waals surface area (Å²) in [7, 11) is 1.70. The van der Waals surface area contributed by atoms with Crippen LogP contribution < -0.4 is 4.74 Å². The standard InChI is InChI=1S/C29H29N5O2/c1-35-28-5-3-2-4-23(28)19-29-30-26-11-8-22(18-27(26)31-29)25-12-13-34(32-25)24-9-6-21(7-10-24)20-33-14-16-36-17-15-33/h2-13,18H,14-17,19-20H2,1H3,(H,30,31). The number of rotatable bonds is 7. The first-order valence-corrected chi connectivity index (χ1v) is 12.3. The highest BCUT2D eigenvalue weighted by molar-refractivity contribution is 5.81. The van der Waals surface area contributed by atoms with Gasteiger partial charge in [-0.15, -0.1) is 0 Å². The number of H-pyrrole nitrogens is 1. The van der Waals surface area contributed by atoms with Gasteiger partial charge in [-0.2, -0.15) is 5.10 Å².